The predicted octanol–water partition coefficient (Wildman–Crippen LogP) is 6.51. The van der Waals surface area contributed by atoms with Gasteiger partial charge in [-0.25, -0.2) is 5.48 Å². The lowest BCUT2D eigenvalue weighted by atomic mass is 9.32. The molecule has 0 aromatic heterocycles. The number of aliphatic hydroxyl groups is 1. The topological polar surface area (TPSA) is 69.6 Å². The van der Waals surface area contributed by atoms with E-state index in [9.17, 15) is 15.1 Å². The van der Waals surface area contributed by atoms with Crippen LogP contribution in [0.4, 0.5) is 0 Å². The fraction of sp³-hybridized carbons (Fsp3) is 0.900. The number of nitrogens with one attached hydrogen (secondary N) is 1. The molecule has 0 aromatic rings. The summed E-state index contributed by atoms with van der Waals surface area (Å²) in [6.07, 6.45) is 10.6. The van der Waals surface area contributed by atoms with Gasteiger partial charge in [-0.3, -0.25) is 10.0 Å². The van der Waals surface area contributed by atoms with E-state index in [4.69, 9.17) is 0 Å². The van der Waals surface area contributed by atoms with Gasteiger partial charge in [0.05, 0.1) is 11.5 Å². The summed E-state index contributed by atoms with van der Waals surface area (Å²) >= 11 is 0. The largest absolute Gasteiger partial charge is 0.393 e. The molecule has 4 heteroatoms. The minimum absolute atomic E-state index is 0.0243. The highest BCUT2D eigenvalue weighted by atomic mass is 16.5. The van der Waals surface area contributed by atoms with Crippen LogP contribution in [0.1, 0.15) is 106 Å². The maximum Gasteiger partial charge on any atom is 0.249 e. The van der Waals surface area contributed by atoms with Crippen molar-refractivity contribution in [1.29, 1.82) is 0 Å². The number of hydroxylamine groups is 1. The zero-order chi connectivity index (χ0) is 24.9. The average Bonchev–Trinajstić information content (AvgIpc) is 3.18. The Morgan fingerprint density at radius 1 is 0.853 bits per heavy atom. The van der Waals surface area contributed by atoms with Crippen LogP contribution in [0.5, 0.6) is 0 Å². The van der Waals surface area contributed by atoms with Crippen molar-refractivity contribution < 1.29 is 15.1 Å². The molecule has 5 fully saturated rings. The standard InChI is InChI=1S/C30H49NO3/c1-18(2)19-10-15-30(25(33)31-34)17-16-28(6)20(24(19)30)8-9-22-27(5)13-12-23(32)26(3,4)21(27)11-14-29(22,28)7/h19-24,32,34H,1,8-17H2,2-7H3,(H,31,33)/t19-,20+,21-,22+,23-,24+,27-,28+,29+,30-/m0/s1. The predicted molar refractivity (Wildman–Crippen MR) is 135 cm³/mol. The number of rotatable bonds is 2. The van der Waals surface area contributed by atoms with Crippen molar-refractivity contribution in [2.45, 2.75) is 112 Å². The van der Waals surface area contributed by atoms with E-state index in [2.05, 4.69) is 53.6 Å². The zero-order valence-corrected chi connectivity index (χ0v) is 22.5. The lowest BCUT2D eigenvalue weighted by molar-refractivity contribution is -0.247. The molecule has 0 unspecified atom stereocenters. The molecule has 34 heavy (non-hydrogen) atoms. The van der Waals surface area contributed by atoms with Gasteiger partial charge in [-0.05, 0) is 122 Å². The summed E-state index contributed by atoms with van der Waals surface area (Å²) in [5.41, 5.74) is 3.54. The minimum Gasteiger partial charge on any atom is -0.393 e. The van der Waals surface area contributed by atoms with Gasteiger partial charge in [-0.15, -0.1) is 0 Å². The Morgan fingerprint density at radius 2 is 1.56 bits per heavy atom. The molecule has 3 N–H and O–H groups in total. The Labute approximate surface area is 207 Å². The third kappa shape index (κ3) is 2.82. The van der Waals surface area contributed by atoms with Gasteiger partial charge in [0, 0.05) is 0 Å². The maximum atomic E-state index is 13.2. The fourth-order valence-electron chi connectivity index (χ4n) is 11.6. The Morgan fingerprint density at radius 3 is 2.21 bits per heavy atom. The first kappa shape index (κ1) is 24.8. The summed E-state index contributed by atoms with van der Waals surface area (Å²) in [6, 6.07) is 0. The summed E-state index contributed by atoms with van der Waals surface area (Å²) in [5, 5.41) is 20.7. The van der Waals surface area contributed by atoms with Gasteiger partial charge >= 0.3 is 0 Å². The molecule has 5 saturated carbocycles. The number of hydrogen-bond acceptors (Lipinski definition) is 3. The Hall–Kier alpha value is -0.870. The first-order valence-corrected chi connectivity index (χ1v) is 14.1. The summed E-state index contributed by atoms with van der Waals surface area (Å²) in [5.74, 6) is 2.23. The molecule has 10 atom stereocenters. The summed E-state index contributed by atoms with van der Waals surface area (Å²) in [7, 11) is 0. The molecule has 0 aliphatic heterocycles. The Bertz CT molecular complexity index is 882. The second-order valence-electron chi connectivity index (χ2n) is 14.7. The molecule has 1 amide bonds. The quantitative estimate of drug-likeness (QED) is 0.244. The lowest BCUT2D eigenvalue weighted by Gasteiger charge is -2.72. The molecule has 0 bridgehead atoms. The second-order valence-corrected chi connectivity index (χ2v) is 14.7. The highest BCUT2D eigenvalue weighted by Crippen LogP contribution is 2.77. The number of fused-ring (bicyclic) bond motifs is 7. The van der Waals surface area contributed by atoms with E-state index in [1.165, 1.54) is 31.3 Å². The molecule has 0 radical (unpaired) electrons. The van der Waals surface area contributed by atoms with E-state index in [1.807, 2.05) is 0 Å². The molecule has 5 aliphatic rings. The molecule has 192 valence electrons. The smallest absolute Gasteiger partial charge is 0.249 e. The van der Waals surface area contributed by atoms with E-state index in [1.54, 1.807) is 0 Å². The van der Waals surface area contributed by atoms with Crippen LogP contribution in [0.25, 0.3) is 0 Å². The van der Waals surface area contributed by atoms with Crippen LogP contribution < -0.4 is 5.48 Å². The summed E-state index contributed by atoms with van der Waals surface area (Å²) < 4.78 is 0. The van der Waals surface area contributed by atoms with Gasteiger partial charge in [0.1, 0.15) is 0 Å². The molecule has 0 heterocycles. The molecular formula is C30H49NO3. The number of amides is 1. The molecule has 5 aliphatic carbocycles. The molecule has 0 saturated heterocycles. The second kappa shape index (κ2) is 7.57. The third-order valence-electron chi connectivity index (χ3n) is 13.6. The van der Waals surface area contributed by atoms with Gasteiger partial charge in [0.2, 0.25) is 5.91 Å². The van der Waals surface area contributed by atoms with Crippen molar-refractivity contribution in [2.24, 2.45) is 56.7 Å². The number of hydrogen-bond donors (Lipinski definition) is 3. The Kier molecular flexibility index (Phi) is 5.52. The number of aliphatic hydroxyl groups excluding tert-OH is 1. The molecular weight excluding hydrogens is 422 g/mol. The summed E-state index contributed by atoms with van der Waals surface area (Å²) in [6.45, 7) is 18.9. The van der Waals surface area contributed by atoms with Crippen LogP contribution in [0.15, 0.2) is 12.2 Å². The lowest BCUT2D eigenvalue weighted by Crippen LogP contribution is -2.67. The minimum atomic E-state index is -0.441. The van der Waals surface area contributed by atoms with E-state index in [0.29, 0.717) is 23.7 Å². The summed E-state index contributed by atoms with van der Waals surface area (Å²) in [4.78, 5) is 13.2. The van der Waals surface area contributed by atoms with Crippen molar-refractivity contribution in [1.82, 2.24) is 5.48 Å². The van der Waals surface area contributed by atoms with E-state index < -0.39 is 5.41 Å². The van der Waals surface area contributed by atoms with Crippen molar-refractivity contribution in [3.63, 3.8) is 0 Å². The third-order valence-corrected chi connectivity index (χ3v) is 13.6. The normalized spacial score (nSPS) is 53.6. The van der Waals surface area contributed by atoms with Crippen LogP contribution in [0, 0.1) is 56.7 Å². The Balaban J connectivity index is 1.56. The van der Waals surface area contributed by atoms with Crippen molar-refractivity contribution in [2.75, 3.05) is 0 Å². The van der Waals surface area contributed by atoms with E-state index in [0.717, 1.165) is 38.5 Å². The fourth-order valence-corrected chi connectivity index (χ4v) is 11.6. The molecule has 4 nitrogen and oxygen atoms in total. The highest BCUT2D eigenvalue weighted by molar-refractivity contribution is 5.82. The van der Waals surface area contributed by atoms with Gasteiger partial charge in [-0.1, -0.05) is 46.8 Å². The molecule has 5 rings (SSSR count). The number of allylic oxidation sites excluding steroid dienone is 1. The van der Waals surface area contributed by atoms with Crippen molar-refractivity contribution >= 4 is 5.91 Å². The van der Waals surface area contributed by atoms with Gasteiger partial charge in [0.25, 0.3) is 0 Å². The molecule has 0 spiro atoms. The van der Waals surface area contributed by atoms with Crippen LogP contribution in [-0.2, 0) is 4.79 Å². The molecule has 0 aromatic carbocycles. The van der Waals surface area contributed by atoms with Gasteiger partial charge < -0.3 is 5.11 Å². The zero-order valence-electron chi connectivity index (χ0n) is 22.5. The van der Waals surface area contributed by atoms with Crippen LogP contribution in [0.3, 0.4) is 0 Å². The first-order chi connectivity index (χ1) is 15.8. The van der Waals surface area contributed by atoms with Crippen LogP contribution in [0.2, 0.25) is 0 Å². The highest BCUT2D eigenvalue weighted by Gasteiger charge is 2.71. The number of carbonyl (C=O) groups is 1. The van der Waals surface area contributed by atoms with Gasteiger partial charge in [-0.2, -0.15) is 0 Å². The number of carbonyl (C=O) groups excluding carboxylic acids is 1. The maximum absolute atomic E-state index is 13.2. The van der Waals surface area contributed by atoms with Crippen molar-refractivity contribution in [3.8, 4) is 0 Å². The first-order valence-electron chi connectivity index (χ1n) is 14.1. The average molecular weight is 472 g/mol. The SMILES string of the molecule is C=C(C)[C@@H]1CC[C@]2(C(=O)NO)CC[C@]3(C)[C@H](CC[C@@H]4[C@@]5(C)CC[C@H](O)C(C)(C)[C@@H]5CC[C@]43C)[C@@H]12. The van der Waals surface area contributed by atoms with E-state index in [-0.39, 0.29) is 39.6 Å². The van der Waals surface area contributed by atoms with Gasteiger partial charge in [0.15, 0.2) is 0 Å². The van der Waals surface area contributed by atoms with Crippen molar-refractivity contribution in [3.05, 3.63) is 12.2 Å². The monoisotopic (exact) mass is 471 g/mol. The van der Waals surface area contributed by atoms with Crippen LogP contribution >= 0.6 is 0 Å². The van der Waals surface area contributed by atoms with E-state index >= 15 is 0 Å². The van der Waals surface area contributed by atoms with Crippen LogP contribution in [-0.4, -0.2) is 22.3 Å².